The highest BCUT2D eigenvalue weighted by Crippen LogP contribution is 2.05. The molecule has 1 heteroatoms. The molecular formula is C12H14O. The number of ketones is 1. The number of carbonyl (C=O) groups excluding carboxylic acids is 1. The van der Waals surface area contributed by atoms with Crippen molar-refractivity contribution in [1.82, 2.24) is 0 Å². The second kappa shape index (κ2) is 5.31. The molecule has 0 unspecified atom stereocenters. The van der Waals surface area contributed by atoms with Crippen LogP contribution >= 0.6 is 0 Å². The minimum Gasteiger partial charge on any atom is -0.294 e. The summed E-state index contributed by atoms with van der Waals surface area (Å²) in [6.07, 6.45) is 5.43. The third-order valence-corrected chi connectivity index (χ3v) is 1.87. The maximum atomic E-state index is 11.5. The van der Waals surface area contributed by atoms with Gasteiger partial charge in [0.2, 0.25) is 0 Å². The summed E-state index contributed by atoms with van der Waals surface area (Å²) in [7, 11) is 0. The highest BCUT2D eigenvalue weighted by molar-refractivity contribution is 5.96. The van der Waals surface area contributed by atoms with E-state index in [1.54, 1.807) is 0 Å². The quantitative estimate of drug-likeness (QED) is 0.506. The van der Waals surface area contributed by atoms with Gasteiger partial charge in [0.15, 0.2) is 5.78 Å². The molecule has 1 aromatic rings. The molecule has 1 nitrogen and oxygen atoms in total. The van der Waals surface area contributed by atoms with Crippen LogP contribution in [0.25, 0.3) is 0 Å². The molecule has 0 spiro atoms. The summed E-state index contributed by atoms with van der Waals surface area (Å²) >= 11 is 0. The maximum absolute atomic E-state index is 11.5. The third kappa shape index (κ3) is 3.24. The third-order valence-electron chi connectivity index (χ3n) is 1.87. The van der Waals surface area contributed by atoms with Crippen molar-refractivity contribution in [3.63, 3.8) is 0 Å². The van der Waals surface area contributed by atoms with Gasteiger partial charge in [0.25, 0.3) is 0 Å². The molecule has 0 radical (unpaired) electrons. The Hall–Kier alpha value is -1.37. The van der Waals surface area contributed by atoms with Crippen LogP contribution in [0.3, 0.4) is 0 Å². The van der Waals surface area contributed by atoms with Gasteiger partial charge in [-0.3, -0.25) is 4.79 Å². The molecule has 0 N–H and O–H groups in total. The molecular weight excluding hydrogens is 160 g/mol. The maximum Gasteiger partial charge on any atom is 0.163 e. The van der Waals surface area contributed by atoms with Crippen LogP contribution in [0.4, 0.5) is 0 Å². The SMILES string of the molecule is C/C=C\CCC(=O)c1ccccc1. The highest BCUT2D eigenvalue weighted by Gasteiger charge is 2.01. The Labute approximate surface area is 79.1 Å². The Kier molecular flexibility index (Phi) is 3.97. The van der Waals surface area contributed by atoms with E-state index in [0.29, 0.717) is 6.42 Å². The summed E-state index contributed by atoms with van der Waals surface area (Å²) in [6, 6.07) is 9.42. The number of hydrogen-bond acceptors (Lipinski definition) is 1. The normalized spacial score (nSPS) is 10.5. The zero-order valence-corrected chi connectivity index (χ0v) is 7.86. The van der Waals surface area contributed by atoms with Crippen molar-refractivity contribution in [2.75, 3.05) is 0 Å². The fourth-order valence-corrected chi connectivity index (χ4v) is 1.15. The number of benzene rings is 1. The number of rotatable bonds is 4. The fourth-order valence-electron chi connectivity index (χ4n) is 1.15. The second-order valence-corrected chi connectivity index (χ2v) is 2.90. The zero-order valence-electron chi connectivity index (χ0n) is 7.86. The lowest BCUT2D eigenvalue weighted by atomic mass is 10.1. The van der Waals surface area contributed by atoms with Gasteiger partial charge in [-0.05, 0) is 13.3 Å². The van der Waals surface area contributed by atoms with Crippen LogP contribution in [0.2, 0.25) is 0 Å². The molecule has 1 aromatic carbocycles. The lowest BCUT2D eigenvalue weighted by Gasteiger charge is -1.97. The van der Waals surface area contributed by atoms with Crippen LogP contribution < -0.4 is 0 Å². The summed E-state index contributed by atoms with van der Waals surface area (Å²) in [5, 5.41) is 0. The van der Waals surface area contributed by atoms with Gasteiger partial charge in [0.05, 0.1) is 0 Å². The average molecular weight is 174 g/mol. The summed E-state index contributed by atoms with van der Waals surface area (Å²) in [4.78, 5) is 11.5. The van der Waals surface area contributed by atoms with Gasteiger partial charge < -0.3 is 0 Å². The van der Waals surface area contributed by atoms with E-state index in [0.717, 1.165) is 12.0 Å². The molecule has 68 valence electrons. The Morgan fingerprint density at radius 2 is 2.00 bits per heavy atom. The summed E-state index contributed by atoms with van der Waals surface area (Å²) in [6.45, 7) is 1.97. The lowest BCUT2D eigenvalue weighted by molar-refractivity contribution is 0.0983. The second-order valence-electron chi connectivity index (χ2n) is 2.90. The number of Topliss-reactive ketones (excluding diaryl/α,β-unsaturated/α-hetero) is 1. The smallest absolute Gasteiger partial charge is 0.163 e. The first-order valence-electron chi connectivity index (χ1n) is 4.54. The van der Waals surface area contributed by atoms with E-state index in [9.17, 15) is 4.79 Å². The van der Waals surface area contributed by atoms with E-state index in [4.69, 9.17) is 0 Å². The number of carbonyl (C=O) groups is 1. The standard InChI is InChI=1S/C12H14O/c1-2-3-5-10-12(13)11-8-6-4-7-9-11/h2-4,6-9H,5,10H2,1H3/b3-2-. The zero-order chi connectivity index (χ0) is 9.52. The topological polar surface area (TPSA) is 17.1 Å². The van der Waals surface area contributed by atoms with Crippen LogP contribution in [0.1, 0.15) is 30.1 Å². The van der Waals surface area contributed by atoms with Crippen LogP contribution in [-0.4, -0.2) is 5.78 Å². The fraction of sp³-hybridized carbons (Fsp3) is 0.250. The molecule has 0 saturated heterocycles. The Morgan fingerprint density at radius 1 is 1.31 bits per heavy atom. The first kappa shape index (κ1) is 9.72. The van der Waals surface area contributed by atoms with Crippen molar-refractivity contribution in [1.29, 1.82) is 0 Å². The summed E-state index contributed by atoms with van der Waals surface area (Å²) in [5.74, 6) is 0.221. The molecule has 13 heavy (non-hydrogen) atoms. The predicted octanol–water partition coefficient (Wildman–Crippen LogP) is 3.23. The van der Waals surface area contributed by atoms with E-state index in [1.807, 2.05) is 49.4 Å². The molecule has 0 amide bonds. The summed E-state index contributed by atoms with van der Waals surface area (Å²) < 4.78 is 0. The van der Waals surface area contributed by atoms with Gasteiger partial charge in [0.1, 0.15) is 0 Å². The number of allylic oxidation sites excluding steroid dienone is 2. The average Bonchev–Trinajstić information content (AvgIpc) is 2.19. The molecule has 0 saturated carbocycles. The van der Waals surface area contributed by atoms with Crippen molar-refractivity contribution in [3.05, 3.63) is 48.0 Å². The molecule has 1 rings (SSSR count). The van der Waals surface area contributed by atoms with Crippen LogP contribution in [-0.2, 0) is 0 Å². The Morgan fingerprint density at radius 3 is 2.62 bits per heavy atom. The van der Waals surface area contributed by atoms with Crippen molar-refractivity contribution < 1.29 is 4.79 Å². The van der Waals surface area contributed by atoms with Crippen LogP contribution in [0, 0.1) is 0 Å². The Bertz CT molecular complexity index is 285. The predicted molar refractivity (Wildman–Crippen MR) is 54.8 cm³/mol. The monoisotopic (exact) mass is 174 g/mol. The van der Waals surface area contributed by atoms with Crippen molar-refractivity contribution in [3.8, 4) is 0 Å². The van der Waals surface area contributed by atoms with E-state index in [2.05, 4.69) is 0 Å². The van der Waals surface area contributed by atoms with Crippen molar-refractivity contribution in [2.45, 2.75) is 19.8 Å². The van der Waals surface area contributed by atoms with Crippen molar-refractivity contribution >= 4 is 5.78 Å². The molecule has 0 heterocycles. The van der Waals surface area contributed by atoms with Gasteiger partial charge >= 0.3 is 0 Å². The van der Waals surface area contributed by atoms with Gasteiger partial charge in [-0.2, -0.15) is 0 Å². The molecule has 0 aliphatic rings. The van der Waals surface area contributed by atoms with Crippen LogP contribution in [0.15, 0.2) is 42.5 Å². The van der Waals surface area contributed by atoms with Crippen molar-refractivity contribution in [2.24, 2.45) is 0 Å². The first-order chi connectivity index (χ1) is 6.34. The molecule has 0 aromatic heterocycles. The van der Waals surface area contributed by atoms with Gasteiger partial charge in [-0.1, -0.05) is 42.5 Å². The summed E-state index contributed by atoms with van der Waals surface area (Å²) in [5.41, 5.74) is 0.812. The minimum absolute atomic E-state index is 0.221. The van der Waals surface area contributed by atoms with E-state index in [-0.39, 0.29) is 5.78 Å². The van der Waals surface area contributed by atoms with Gasteiger partial charge in [0, 0.05) is 12.0 Å². The van der Waals surface area contributed by atoms with Gasteiger partial charge in [-0.25, -0.2) is 0 Å². The first-order valence-corrected chi connectivity index (χ1v) is 4.54. The van der Waals surface area contributed by atoms with Crippen LogP contribution in [0.5, 0.6) is 0 Å². The highest BCUT2D eigenvalue weighted by atomic mass is 16.1. The van der Waals surface area contributed by atoms with E-state index in [1.165, 1.54) is 0 Å². The minimum atomic E-state index is 0.221. The lowest BCUT2D eigenvalue weighted by Crippen LogP contribution is -1.96. The molecule has 0 aliphatic heterocycles. The number of hydrogen-bond donors (Lipinski definition) is 0. The van der Waals surface area contributed by atoms with E-state index >= 15 is 0 Å². The Balaban J connectivity index is 2.49. The largest absolute Gasteiger partial charge is 0.294 e. The molecule has 0 bridgehead atoms. The molecule has 0 atom stereocenters. The molecule has 0 fully saturated rings. The molecule has 0 aliphatic carbocycles. The van der Waals surface area contributed by atoms with Gasteiger partial charge in [-0.15, -0.1) is 0 Å². The van der Waals surface area contributed by atoms with E-state index < -0.39 is 0 Å².